The van der Waals surface area contributed by atoms with E-state index >= 15 is 0 Å². The third-order valence-electron chi connectivity index (χ3n) is 3.70. The monoisotopic (exact) mass is 348 g/mol. The van der Waals surface area contributed by atoms with E-state index in [9.17, 15) is 9.59 Å². The Hall–Kier alpha value is -2.02. The Bertz CT molecular complexity index is 696. The van der Waals surface area contributed by atoms with Gasteiger partial charge in [-0.25, -0.2) is 9.89 Å². The van der Waals surface area contributed by atoms with Crippen molar-refractivity contribution >= 4 is 17.7 Å². The lowest BCUT2D eigenvalue weighted by molar-refractivity contribution is -0.121. The van der Waals surface area contributed by atoms with Crippen molar-refractivity contribution in [1.29, 1.82) is 0 Å². The molecule has 0 fully saturated rings. The molecule has 1 amide bonds. The summed E-state index contributed by atoms with van der Waals surface area (Å²) in [6, 6.07) is 9.85. The predicted molar refractivity (Wildman–Crippen MR) is 96.1 cm³/mol. The summed E-state index contributed by atoms with van der Waals surface area (Å²) >= 11 is 1.43. The van der Waals surface area contributed by atoms with Crippen LogP contribution in [0.3, 0.4) is 0 Å². The van der Waals surface area contributed by atoms with Crippen molar-refractivity contribution in [2.45, 2.75) is 50.9 Å². The minimum absolute atomic E-state index is 0.00292. The molecule has 0 spiro atoms. The van der Waals surface area contributed by atoms with Gasteiger partial charge in [0.05, 0.1) is 6.04 Å². The first kappa shape index (κ1) is 18.3. The number of aromatic amines is 1. The molecule has 6 nitrogen and oxygen atoms in total. The number of hydrogen-bond donors (Lipinski definition) is 2. The summed E-state index contributed by atoms with van der Waals surface area (Å²) in [6.07, 6.45) is 2.33. The van der Waals surface area contributed by atoms with Gasteiger partial charge in [0.25, 0.3) is 0 Å². The molecule has 0 saturated carbocycles. The molecule has 2 N–H and O–H groups in total. The highest BCUT2D eigenvalue weighted by Crippen LogP contribution is 2.16. The number of rotatable bonds is 9. The van der Waals surface area contributed by atoms with E-state index in [1.807, 2.05) is 37.3 Å². The fourth-order valence-electron chi connectivity index (χ4n) is 2.30. The lowest BCUT2D eigenvalue weighted by Crippen LogP contribution is -2.26. The zero-order valence-electron chi connectivity index (χ0n) is 14.1. The van der Waals surface area contributed by atoms with E-state index in [0.717, 1.165) is 18.4 Å². The SMILES string of the molecule is CCCCn1c(SCCC(=O)NC(C)c2ccccc2)n[nH]c1=O. The molecule has 1 atom stereocenters. The highest BCUT2D eigenvalue weighted by Gasteiger charge is 2.12. The first-order valence-electron chi connectivity index (χ1n) is 8.24. The van der Waals surface area contributed by atoms with E-state index < -0.39 is 0 Å². The maximum absolute atomic E-state index is 12.1. The van der Waals surface area contributed by atoms with Crippen LogP contribution in [0.1, 0.15) is 44.7 Å². The number of thioether (sulfide) groups is 1. The summed E-state index contributed by atoms with van der Waals surface area (Å²) in [4.78, 5) is 23.8. The van der Waals surface area contributed by atoms with Crippen LogP contribution < -0.4 is 11.0 Å². The van der Waals surface area contributed by atoms with Gasteiger partial charge in [-0.2, -0.15) is 0 Å². The van der Waals surface area contributed by atoms with Crippen LogP contribution in [0, 0.1) is 0 Å². The van der Waals surface area contributed by atoms with E-state index in [1.165, 1.54) is 11.8 Å². The Balaban J connectivity index is 1.80. The number of H-pyrrole nitrogens is 1. The molecule has 2 aromatic rings. The Kier molecular flexibility index (Phi) is 7.11. The number of unbranched alkanes of at least 4 members (excludes halogenated alkanes) is 1. The molecule has 2 rings (SSSR count). The molecule has 1 aromatic carbocycles. The maximum atomic E-state index is 12.1. The molecule has 130 valence electrons. The van der Waals surface area contributed by atoms with E-state index in [4.69, 9.17) is 0 Å². The second kappa shape index (κ2) is 9.32. The fraction of sp³-hybridized carbons (Fsp3) is 0.471. The molecule has 0 bridgehead atoms. The van der Waals surface area contributed by atoms with E-state index in [1.54, 1.807) is 4.57 Å². The summed E-state index contributed by atoms with van der Waals surface area (Å²) in [6.45, 7) is 4.71. The molecule has 24 heavy (non-hydrogen) atoms. The van der Waals surface area contributed by atoms with Gasteiger partial charge >= 0.3 is 5.69 Å². The summed E-state index contributed by atoms with van der Waals surface area (Å²) in [5, 5.41) is 10.1. The minimum atomic E-state index is -0.187. The number of aromatic nitrogens is 3. The van der Waals surface area contributed by atoms with Crippen LogP contribution >= 0.6 is 11.8 Å². The predicted octanol–water partition coefficient (Wildman–Crippen LogP) is 2.73. The second-order valence-electron chi connectivity index (χ2n) is 5.61. The van der Waals surface area contributed by atoms with Crippen molar-refractivity contribution in [2.75, 3.05) is 5.75 Å². The number of nitrogens with zero attached hydrogens (tertiary/aromatic N) is 2. The Morgan fingerprint density at radius 1 is 1.38 bits per heavy atom. The zero-order chi connectivity index (χ0) is 17.4. The van der Waals surface area contributed by atoms with Gasteiger partial charge < -0.3 is 5.32 Å². The van der Waals surface area contributed by atoms with Gasteiger partial charge in [0.15, 0.2) is 5.16 Å². The summed E-state index contributed by atoms with van der Waals surface area (Å²) in [5.74, 6) is 0.584. The third kappa shape index (κ3) is 5.26. The molecular formula is C17H24N4O2S. The van der Waals surface area contributed by atoms with Crippen molar-refractivity contribution in [3.8, 4) is 0 Å². The number of carbonyl (C=O) groups excluding carboxylic acids is 1. The standard InChI is InChI=1S/C17H24N4O2S/c1-3-4-11-21-16(23)19-20-17(21)24-12-10-15(22)18-13(2)14-8-6-5-7-9-14/h5-9,13H,3-4,10-12H2,1-2H3,(H,18,22)(H,19,23). The van der Waals surface area contributed by atoms with Gasteiger partial charge in [-0.05, 0) is 18.9 Å². The van der Waals surface area contributed by atoms with Gasteiger partial charge in [0.1, 0.15) is 0 Å². The quantitative estimate of drug-likeness (QED) is 0.683. The molecule has 0 aliphatic rings. The average Bonchev–Trinajstić information content (AvgIpc) is 2.93. The smallest absolute Gasteiger partial charge is 0.343 e. The number of hydrogen-bond acceptors (Lipinski definition) is 4. The summed E-state index contributed by atoms with van der Waals surface area (Å²) in [5.41, 5.74) is 0.896. The first-order chi connectivity index (χ1) is 11.6. The first-order valence-corrected chi connectivity index (χ1v) is 9.22. The number of amides is 1. The Morgan fingerprint density at radius 2 is 2.12 bits per heavy atom. The molecule has 1 aromatic heterocycles. The molecule has 1 unspecified atom stereocenters. The Labute approximate surface area is 146 Å². The van der Waals surface area contributed by atoms with Crippen molar-refractivity contribution in [2.24, 2.45) is 0 Å². The lowest BCUT2D eigenvalue weighted by atomic mass is 10.1. The number of carbonyl (C=O) groups is 1. The van der Waals surface area contributed by atoms with Crippen LogP contribution in [-0.4, -0.2) is 26.4 Å². The third-order valence-corrected chi connectivity index (χ3v) is 4.67. The molecular weight excluding hydrogens is 324 g/mol. The molecule has 0 aliphatic heterocycles. The molecule has 7 heteroatoms. The van der Waals surface area contributed by atoms with Gasteiger partial charge in [0.2, 0.25) is 5.91 Å². The summed E-state index contributed by atoms with van der Waals surface area (Å²) < 4.78 is 1.64. The maximum Gasteiger partial charge on any atom is 0.343 e. The van der Waals surface area contributed by atoms with Gasteiger partial charge in [-0.1, -0.05) is 55.4 Å². The van der Waals surface area contributed by atoms with Crippen molar-refractivity contribution < 1.29 is 4.79 Å². The van der Waals surface area contributed by atoms with Crippen LogP contribution in [0.5, 0.6) is 0 Å². The minimum Gasteiger partial charge on any atom is -0.350 e. The van der Waals surface area contributed by atoms with Gasteiger partial charge in [0, 0.05) is 18.7 Å². The van der Waals surface area contributed by atoms with Crippen LogP contribution in [0.15, 0.2) is 40.3 Å². The number of benzene rings is 1. The van der Waals surface area contributed by atoms with E-state index in [0.29, 0.717) is 23.9 Å². The second-order valence-corrected chi connectivity index (χ2v) is 6.68. The normalized spacial score (nSPS) is 12.1. The molecule has 0 aliphatic carbocycles. The highest BCUT2D eigenvalue weighted by molar-refractivity contribution is 7.99. The molecule has 0 saturated heterocycles. The van der Waals surface area contributed by atoms with Gasteiger partial charge in [-0.3, -0.25) is 9.36 Å². The van der Waals surface area contributed by atoms with Crippen molar-refractivity contribution in [1.82, 2.24) is 20.1 Å². The van der Waals surface area contributed by atoms with Gasteiger partial charge in [-0.15, -0.1) is 5.10 Å². The number of nitrogens with one attached hydrogen (secondary N) is 2. The van der Waals surface area contributed by atoms with E-state index in [2.05, 4.69) is 22.4 Å². The summed E-state index contributed by atoms with van der Waals surface area (Å²) in [7, 11) is 0. The van der Waals surface area contributed by atoms with Crippen LogP contribution in [-0.2, 0) is 11.3 Å². The highest BCUT2D eigenvalue weighted by atomic mass is 32.2. The molecule has 1 heterocycles. The van der Waals surface area contributed by atoms with Crippen LogP contribution in [0.25, 0.3) is 0 Å². The zero-order valence-corrected chi connectivity index (χ0v) is 14.9. The topological polar surface area (TPSA) is 79.8 Å². The van der Waals surface area contributed by atoms with Crippen LogP contribution in [0.2, 0.25) is 0 Å². The average molecular weight is 348 g/mol. The Morgan fingerprint density at radius 3 is 2.83 bits per heavy atom. The van der Waals surface area contributed by atoms with E-state index in [-0.39, 0.29) is 17.6 Å². The lowest BCUT2D eigenvalue weighted by Gasteiger charge is -2.14. The molecule has 0 radical (unpaired) electrons. The van der Waals surface area contributed by atoms with Crippen LogP contribution in [0.4, 0.5) is 0 Å². The largest absolute Gasteiger partial charge is 0.350 e. The van der Waals surface area contributed by atoms with Crippen molar-refractivity contribution in [3.63, 3.8) is 0 Å². The van der Waals surface area contributed by atoms with Crippen molar-refractivity contribution in [3.05, 3.63) is 46.4 Å². The fourth-order valence-corrected chi connectivity index (χ4v) is 3.21.